The van der Waals surface area contributed by atoms with E-state index >= 15 is 0 Å². The number of nitrogens with one attached hydrogen (secondary N) is 1. The molecular weight excluding hydrogens is 234 g/mol. The molecule has 0 unspecified atom stereocenters. The highest BCUT2D eigenvalue weighted by atomic mass is 32.1. The zero-order valence-electron chi connectivity index (χ0n) is 10.8. The standard InChI is InChI=1S/C13H23NO2S/c1-13(2,3)12(16)7-10(9-15)14-8-11-5-4-6-17-11/h4-6,10,12,14-16H,7-9H2,1-3H3/t10-,12+/m1/s1. The maximum Gasteiger partial charge on any atom is 0.0604 e. The minimum Gasteiger partial charge on any atom is -0.395 e. The Hall–Kier alpha value is -0.420. The van der Waals surface area contributed by atoms with Crippen LogP contribution in [0.1, 0.15) is 32.1 Å². The summed E-state index contributed by atoms with van der Waals surface area (Å²) in [5, 5.41) is 24.6. The van der Waals surface area contributed by atoms with E-state index in [1.807, 2.05) is 32.2 Å². The van der Waals surface area contributed by atoms with E-state index in [2.05, 4.69) is 11.4 Å². The van der Waals surface area contributed by atoms with Crippen LogP contribution in [0.25, 0.3) is 0 Å². The van der Waals surface area contributed by atoms with Crippen molar-refractivity contribution in [2.45, 2.75) is 45.9 Å². The monoisotopic (exact) mass is 257 g/mol. The summed E-state index contributed by atoms with van der Waals surface area (Å²) in [6.07, 6.45) is 0.168. The van der Waals surface area contributed by atoms with Gasteiger partial charge in [0, 0.05) is 17.5 Å². The van der Waals surface area contributed by atoms with Crippen molar-refractivity contribution in [1.82, 2.24) is 5.32 Å². The van der Waals surface area contributed by atoms with Gasteiger partial charge in [0.1, 0.15) is 0 Å². The van der Waals surface area contributed by atoms with Gasteiger partial charge in [0.15, 0.2) is 0 Å². The maximum atomic E-state index is 10.00. The van der Waals surface area contributed by atoms with Crippen LogP contribution in [0.2, 0.25) is 0 Å². The molecule has 0 spiro atoms. The smallest absolute Gasteiger partial charge is 0.0604 e. The first-order valence-corrected chi connectivity index (χ1v) is 6.86. The van der Waals surface area contributed by atoms with Crippen LogP contribution in [0.15, 0.2) is 17.5 Å². The van der Waals surface area contributed by atoms with Crippen molar-refractivity contribution in [2.24, 2.45) is 5.41 Å². The Morgan fingerprint density at radius 1 is 1.41 bits per heavy atom. The predicted octanol–water partition coefficient (Wildman–Crippen LogP) is 2.00. The Morgan fingerprint density at radius 2 is 2.12 bits per heavy atom. The van der Waals surface area contributed by atoms with Crippen LogP contribution in [0.3, 0.4) is 0 Å². The number of aliphatic hydroxyl groups excluding tert-OH is 2. The molecule has 0 saturated carbocycles. The Labute approximate surface area is 107 Å². The molecule has 0 radical (unpaired) electrons. The highest BCUT2D eigenvalue weighted by molar-refractivity contribution is 7.09. The van der Waals surface area contributed by atoms with Crippen LogP contribution in [-0.4, -0.2) is 29.0 Å². The van der Waals surface area contributed by atoms with Crippen LogP contribution in [-0.2, 0) is 6.54 Å². The van der Waals surface area contributed by atoms with E-state index in [-0.39, 0.29) is 18.1 Å². The van der Waals surface area contributed by atoms with Gasteiger partial charge in [0.05, 0.1) is 12.7 Å². The highest BCUT2D eigenvalue weighted by Crippen LogP contribution is 2.22. The fourth-order valence-corrected chi connectivity index (χ4v) is 2.16. The molecule has 1 aromatic heterocycles. The van der Waals surface area contributed by atoms with Crippen LogP contribution in [0, 0.1) is 5.41 Å². The normalized spacial score (nSPS) is 15.8. The van der Waals surface area contributed by atoms with E-state index in [1.54, 1.807) is 11.3 Å². The summed E-state index contributed by atoms with van der Waals surface area (Å²) >= 11 is 1.69. The number of hydrogen-bond donors (Lipinski definition) is 3. The van der Waals surface area contributed by atoms with E-state index in [9.17, 15) is 10.2 Å². The zero-order chi connectivity index (χ0) is 12.9. The number of aliphatic hydroxyl groups is 2. The summed E-state index contributed by atoms with van der Waals surface area (Å²) in [4.78, 5) is 1.24. The fraction of sp³-hybridized carbons (Fsp3) is 0.692. The van der Waals surface area contributed by atoms with Gasteiger partial charge in [-0.1, -0.05) is 26.8 Å². The lowest BCUT2D eigenvalue weighted by atomic mass is 9.85. The lowest BCUT2D eigenvalue weighted by Gasteiger charge is -2.29. The third kappa shape index (κ3) is 5.17. The molecule has 3 N–H and O–H groups in total. The lowest BCUT2D eigenvalue weighted by molar-refractivity contribution is 0.0389. The maximum absolute atomic E-state index is 10.00. The van der Waals surface area contributed by atoms with Gasteiger partial charge in [-0.15, -0.1) is 11.3 Å². The summed E-state index contributed by atoms with van der Waals surface area (Å²) < 4.78 is 0. The molecule has 0 aliphatic carbocycles. The topological polar surface area (TPSA) is 52.5 Å². The van der Waals surface area contributed by atoms with E-state index in [4.69, 9.17) is 0 Å². The van der Waals surface area contributed by atoms with Crippen molar-refractivity contribution in [2.75, 3.05) is 6.61 Å². The number of rotatable bonds is 6. The van der Waals surface area contributed by atoms with Gasteiger partial charge in [0.25, 0.3) is 0 Å². The highest BCUT2D eigenvalue weighted by Gasteiger charge is 2.25. The molecule has 4 heteroatoms. The quantitative estimate of drug-likeness (QED) is 0.730. The van der Waals surface area contributed by atoms with E-state index in [0.717, 1.165) is 6.54 Å². The van der Waals surface area contributed by atoms with Crippen LogP contribution in [0.4, 0.5) is 0 Å². The summed E-state index contributed by atoms with van der Waals surface area (Å²) in [6, 6.07) is 4.03. The summed E-state index contributed by atoms with van der Waals surface area (Å²) in [7, 11) is 0. The van der Waals surface area contributed by atoms with Gasteiger partial charge < -0.3 is 15.5 Å². The van der Waals surface area contributed by atoms with E-state index < -0.39 is 6.10 Å². The first kappa shape index (κ1) is 14.6. The summed E-state index contributed by atoms with van der Waals surface area (Å²) in [5.74, 6) is 0. The van der Waals surface area contributed by atoms with Gasteiger partial charge in [0.2, 0.25) is 0 Å². The molecule has 98 valence electrons. The second kappa shape index (κ2) is 6.50. The van der Waals surface area contributed by atoms with Gasteiger partial charge in [-0.25, -0.2) is 0 Å². The van der Waals surface area contributed by atoms with Crippen LogP contribution < -0.4 is 5.32 Å². The Kier molecular flexibility index (Phi) is 5.59. The molecule has 17 heavy (non-hydrogen) atoms. The van der Waals surface area contributed by atoms with E-state index in [0.29, 0.717) is 6.42 Å². The molecule has 0 saturated heterocycles. The van der Waals surface area contributed by atoms with Crippen molar-refractivity contribution in [3.05, 3.63) is 22.4 Å². The molecule has 0 aliphatic heterocycles. The van der Waals surface area contributed by atoms with Crippen LogP contribution >= 0.6 is 11.3 Å². The van der Waals surface area contributed by atoms with Crippen molar-refractivity contribution in [1.29, 1.82) is 0 Å². The average Bonchev–Trinajstić information content (AvgIpc) is 2.75. The van der Waals surface area contributed by atoms with Gasteiger partial charge in [-0.3, -0.25) is 0 Å². The van der Waals surface area contributed by atoms with Crippen molar-refractivity contribution >= 4 is 11.3 Å². The minimum atomic E-state index is -0.407. The third-order valence-corrected chi connectivity index (χ3v) is 3.75. The zero-order valence-corrected chi connectivity index (χ0v) is 11.6. The second-order valence-corrected chi connectivity index (χ2v) is 6.49. The fourth-order valence-electron chi connectivity index (χ4n) is 1.50. The van der Waals surface area contributed by atoms with Gasteiger partial charge in [-0.05, 0) is 23.3 Å². The Balaban J connectivity index is 2.38. The largest absolute Gasteiger partial charge is 0.395 e. The van der Waals surface area contributed by atoms with Crippen molar-refractivity contribution in [3.8, 4) is 0 Å². The van der Waals surface area contributed by atoms with Gasteiger partial charge >= 0.3 is 0 Å². The summed E-state index contributed by atoms with van der Waals surface area (Å²) in [5.41, 5.74) is -0.141. The van der Waals surface area contributed by atoms with Crippen molar-refractivity contribution in [3.63, 3.8) is 0 Å². The van der Waals surface area contributed by atoms with E-state index in [1.165, 1.54) is 4.88 Å². The molecule has 0 fully saturated rings. The molecule has 1 rings (SSSR count). The second-order valence-electron chi connectivity index (χ2n) is 5.46. The molecule has 1 heterocycles. The summed E-state index contributed by atoms with van der Waals surface area (Å²) in [6.45, 7) is 6.82. The van der Waals surface area contributed by atoms with Crippen molar-refractivity contribution < 1.29 is 10.2 Å². The number of hydrogen-bond acceptors (Lipinski definition) is 4. The molecule has 0 aromatic carbocycles. The third-order valence-electron chi connectivity index (χ3n) is 2.87. The Morgan fingerprint density at radius 3 is 2.59 bits per heavy atom. The first-order valence-electron chi connectivity index (χ1n) is 5.98. The molecule has 0 bridgehead atoms. The molecule has 2 atom stereocenters. The number of thiophene rings is 1. The Bertz CT molecular complexity index is 306. The van der Waals surface area contributed by atoms with Gasteiger partial charge in [-0.2, -0.15) is 0 Å². The molecule has 3 nitrogen and oxygen atoms in total. The SMILES string of the molecule is CC(C)(C)[C@@H](O)C[C@H](CO)NCc1cccs1. The molecular formula is C13H23NO2S. The first-order chi connectivity index (χ1) is 7.93. The lowest BCUT2D eigenvalue weighted by Crippen LogP contribution is -2.39. The minimum absolute atomic E-state index is 0.0497. The van der Waals surface area contributed by atoms with Crippen LogP contribution in [0.5, 0.6) is 0 Å². The average molecular weight is 257 g/mol. The predicted molar refractivity (Wildman–Crippen MR) is 72.1 cm³/mol. The molecule has 0 aliphatic rings. The molecule has 0 amide bonds. The molecule has 1 aromatic rings.